The number of carbonyl (C=O) groups excluding carboxylic acids is 1. The first kappa shape index (κ1) is 20.8. The minimum absolute atomic E-state index is 0.0181. The van der Waals surface area contributed by atoms with E-state index in [1.54, 1.807) is 11.3 Å². The lowest BCUT2D eigenvalue weighted by molar-refractivity contribution is -0.120. The number of rotatable bonds is 7. The molecule has 3 aromatic rings. The van der Waals surface area contributed by atoms with E-state index in [1.807, 2.05) is 30.5 Å². The third-order valence-corrected chi connectivity index (χ3v) is 6.75. The monoisotopic (exact) mass is 423 g/mol. The van der Waals surface area contributed by atoms with Gasteiger partial charge in [0.2, 0.25) is 11.8 Å². The zero-order valence-corrected chi connectivity index (χ0v) is 18.5. The Bertz CT molecular complexity index is 944. The van der Waals surface area contributed by atoms with Gasteiger partial charge < -0.3 is 9.73 Å². The van der Waals surface area contributed by atoms with Crippen molar-refractivity contribution in [3.05, 3.63) is 64.9 Å². The lowest BCUT2D eigenvalue weighted by atomic mass is 9.95. The minimum atomic E-state index is -0.0181. The van der Waals surface area contributed by atoms with Crippen molar-refractivity contribution in [1.29, 1.82) is 0 Å². The van der Waals surface area contributed by atoms with Crippen LogP contribution in [0.2, 0.25) is 0 Å². The molecule has 5 nitrogen and oxygen atoms in total. The van der Waals surface area contributed by atoms with Gasteiger partial charge >= 0.3 is 0 Å². The van der Waals surface area contributed by atoms with Gasteiger partial charge in [0.25, 0.3) is 0 Å². The zero-order chi connectivity index (χ0) is 20.9. The van der Waals surface area contributed by atoms with Gasteiger partial charge in [0.05, 0.1) is 23.0 Å². The predicted octanol–water partition coefficient (Wildman–Crippen LogP) is 4.84. The van der Waals surface area contributed by atoms with Gasteiger partial charge in [-0.25, -0.2) is 4.98 Å². The van der Waals surface area contributed by atoms with Crippen LogP contribution in [0.15, 0.2) is 52.3 Å². The Labute approximate surface area is 182 Å². The van der Waals surface area contributed by atoms with E-state index >= 15 is 0 Å². The number of amides is 1. The Balaban J connectivity index is 1.40. The van der Waals surface area contributed by atoms with Gasteiger partial charge in [-0.1, -0.05) is 43.3 Å². The van der Waals surface area contributed by atoms with Crippen molar-refractivity contribution < 1.29 is 9.21 Å². The fourth-order valence-electron chi connectivity index (χ4n) is 4.00. The van der Waals surface area contributed by atoms with Gasteiger partial charge in [-0.3, -0.25) is 9.69 Å². The summed E-state index contributed by atoms with van der Waals surface area (Å²) >= 11 is 1.58. The predicted molar refractivity (Wildman–Crippen MR) is 120 cm³/mol. The second-order valence-electron chi connectivity index (χ2n) is 8.13. The molecule has 158 valence electrons. The van der Waals surface area contributed by atoms with Gasteiger partial charge in [0, 0.05) is 6.54 Å². The van der Waals surface area contributed by atoms with Crippen LogP contribution in [0.25, 0.3) is 10.8 Å². The molecule has 0 bridgehead atoms. The summed E-state index contributed by atoms with van der Waals surface area (Å²) in [6.45, 7) is 6.94. The lowest BCUT2D eigenvalue weighted by Crippen LogP contribution is -2.42. The normalized spacial score (nSPS) is 16.5. The molecule has 0 aliphatic carbocycles. The molecule has 0 saturated carbocycles. The second kappa shape index (κ2) is 9.58. The summed E-state index contributed by atoms with van der Waals surface area (Å²) in [4.78, 5) is 20.8. The zero-order valence-electron chi connectivity index (χ0n) is 17.6. The minimum Gasteiger partial charge on any atom is -0.440 e. The topological polar surface area (TPSA) is 58.4 Å². The molecular weight excluding hydrogens is 394 g/mol. The molecule has 1 aliphatic rings. The molecule has 2 aromatic heterocycles. The van der Waals surface area contributed by atoms with E-state index in [0.717, 1.165) is 23.9 Å². The Hall–Kier alpha value is -2.44. The van der Waals surface area contributed by atoms with Crippen molar-refractivity contribution in [2.24, 2.45) is 5.92 Å². The average molecular weight is 424 g/mol. The first-order valence-electron chi connectivity index (χ1n) is 10.7. The summed E-state index contributed by atoms with van der Waals surface area (Å²) in [6, 6.07) is 14.6. The Morgan fingerprint density at radius 3 is 2.70 bits per heavy atom. The number of aryl methyl sites for hydroxylation is 1. The number of thiophene rings is 1. The molecule has 1 aliphatic heterocycles. The second-order valence-corrected chi connectivity index (χ2v) is 9.07. The van der Waals surface area contributed by atoms with Crippen molar-refractivity contribution in [1.82, 2.24) is 15.2 Å². The first-order valence-corrected chi connectivity index (χ1v) is 11.5. The third kappa shape index (κ3) is 4.99. The van der Waals surface area contributed by atoms with E-state index in [-0.39, 0.29) is 18.4 Å². The van der Waals surface area contributed by atoms with Crippen LogP contribution in [-0.2, 0) is 11.2 Å². The summed E-state index contributed by atoms with van der Waals surface area (Å²) in [5, 5.41) is 5.14. The molecule has 30 heavy (non-hydrogen) atoms. The number of hydrogen-bond donors (Lipinski definition) is 1. The molecule has 1 N–H and O–H groups in total. The number of aromatic nitrogens is 1. The Kier molecular flexibility index (Phi) is 6.65. The van der Waals surface area contributed by atoms with Crippen LogP contribution in [0, 0.1) is 12.8 Å². The van der Waals surface area contributed by atoms with Crippen LogP contribution < -0.4 is 5.32 Å². The molecule has 0 spiro atoms. The van der Waals surface area contributed by atoms with Gasteiger partial charge in [-0.05, 0) is 55.8 Å². The molecule has 0 radical (unpaired) electrons. The number of piperidine rings is 1. The van der Waals surface area contributed by atoms with E-state index in [2.05, 4.69) is 46.4 Å². The van der Waals surface area contributed by atoms with Crippen LogP contribution in [0.5, 0.6) is 0 Å². The maximum absolute atomic E-state index is 12.7. The highest BCUT2D eigenvalue weighted by Crippen LogP contribution is 2.27. The van der Waals surface area contributed by atoms with Crippen LogP contribution in [0.1, 0.15) is 42.8 Å². The van der Waals surface area contributed by atoms with Gasteiger partial charge in [0.1, 0.15) is 5.76 Å². The van der Waals surface area contributed by atoms with E-state index in [9.17, 15) is 4.79 Å². The van der Waals surface area contributed by atoms with E-state index in [0.29, 0.717) is 23.9 Å². The summed E-state index contributed by atoms with van der Waals surface area (Å²) in [5.41, 5.74) is 1.96. The molecule has 1 atom stereocenters. The Morgan fingerprint density at radius 1 is 1.23 bits per heavy atom. The lowest BCUT2D eigenvalue weighted by Gasteiger charge is -2.37. The van der Waals surface area contributed by atoms with Crippen molar-refractivity contribution in [3.8, 4) is 10.8 Å². The summed E-state index contributed by atoms with van der Waals surface area (Å²) < 4.78 is 5.77. The van der Waals surface area contributed by atoms with Gasteiger partial charge in [-0.2, -0.15) is 0 Å². The van der Waals surface area contributed by atoms with Gasteiger partial charge in [0.15, 0.2) is 0 Å². The average Bonchev–Trinajstić information content (AvgIpc) is 3.41. The number of oxazole rings is 1. The third-order valence-electron chi connectivity index (χ3n) is 5.89. The number of likely N-dealkylation sites (tertiary alicyclic amines) is 1. The molecule has 6 heteroatoms. The van der Waals surface area contributed by atoms with E-state index in [4.69, 9.17) is 4.42 Å². The SMILES string of the molecule is Cc1oc(-c2cccs2)nc1CC(=O)NCC(c1ccccc1)N1CCC(C)CC1. The van der Waals surface area contributed by atoms with Crippen molar-refractivity contribution in [2.45, 2.75) is 39.2 Å². The maximum Gasteiger partial charge on any atom is 0.236 e. The van der Waals surface area contributed by atoms with Crippen LogP contribution in [0.4, 0.5) is 0 Å². The highest BCUT2D eigenvalue weighted by atomic mass is 32.1. The maximum atomic E-state index is 12.7. The fourth-order valence-corrected chi connectivity index (χ4v) is 4.64. The summed E-state index contributed by atoms with van der Waals surface area (Å²) in [7, 11) is 0. The fraction of sp³-hybridized carbons (Fsp3) is 0.417. The molecule has 1 amide bonds. The highest BCUT2D eigenvalue weighted by molar-refractivity contribution is 7.13. The molecular formula is C24H29N3O2S. The molecule has 1 aromatic carbocycles. The standard InChI is InChI=1S/C24H29N3O2S/c1-17-10-12-27(13-11-17)21(19-7-4-3-5-8-19)16-25-23(28)15-20-18(2)29-24(26-20)22-9-6-14-30-22/h3-9,14,17,21H,10-13,15-16H2,1-2H3,(H,25,28). The number of benzene rings is 1. The molecule has 3 heterocycles. The van der Waals surface area contributed by atoms with Crippen molar-refractivity contribution >= 4 is 17.2 Å². The number of nitrogens with one attached hydrogen (secondary N) is 1. The summed E-state index contributed by atoms with van der Waals surface area (Å²) in [6.07, 6.45) is 2.65. The number of carbonyl (C=O) groups is 1. The largest absolute Gasteiger partial charge is 0.440 e. The van der Waals surface area contributed by atoms with Crippen LogP contribution in [0.3, 0.4) is 0 Å². The number of hydrogen-bond acceptors (Lipinski definition) is 5. The Morgan fingerprint density at radius 2 is 2.00 bits per heavy atom. The van der Waals surface area contributed by atoms with Crippen LogP contribution >= 0.6 is 11.3 Å². The smallest absolute Gasteiger partial charge is 0.236 e. The van der Waals surface area contributed by atoms with Crippen LogP contribution in [-0.4, -0.2) is 35.4 Å². The first-order chi connectivity index (χ1) is 14.6. The number of nitrogens with zero attached hydrogens (tertiary/aromatic N) is 2. The highest BCUT2D eigenvalue weighted by Gasteiger charge is 2.25. The van der Waals surface area contributed by atoms with E-state index in [1.165, 1.54) is 18.4 Å². The summed E-state index contributed by atoms with van der Waals surface area (Å²) in [5.74, 6) is 2.06. The van der Waals surface area contributed by atoms with Crippen molar-refractivity contribution in [2.75, 3.05) is 19.6 Å². The van der Waals surface area contributed by atoms with Gasteiger partial charge in [-0.15, -0.1) is 11.3 Å². The molecule has 1 unspecified atom stereocenters. The molecule has 4 rings (SSSR count). The van der Waals surface area contributed by atoms with Crippen molar-refractivity contribution in [3.63, 3.8) is 0 Å². The molecule has 1 saturated heterocycles. The van der Waals surface area contributed by atoms with E-state index < -0.39 is 0 Å². The molecule has 1 fully saturated rings. The quantitative estimate of drug-likeness (QED) is 0.591.